The molecule has 2 rings (SSSR count). The van der Waals surface area contributed by atoms with E-state index in [0.29, 0.717) is 16.6 Å². The van der Waals surface area contributed by atoms with Gasteiger partial charge in [0, 0.05) is 22.9 Å². The second-order valence-electron chi connectivity index (χ2n) is 4.33. The lowest BCUT2D eigenvalue weighted by Gasteiger charge is -2.22. The highest BCUT2D eigenvalue weighted by Gasteiger charge is 2.16. The number of carbonyl (C=O) groups excluding carboxylic acids is 1. The van der Waals surface area contributed by atoms with Crippen molar-refractivity contribution >= 4 is 34.9 Å². The van der Waals surface area contributed by atoms with Crippen molar-refractivity contribution in [2.45, 2.75) is 18.9 Å². The molecule has 96 valence electrons. The molecule has 1 aromatic carbocycles. The van der Waals surface area contributed by atoms with Gasteiger partial charge in [-0.1, -0.05) is 24.4 Å². The van der Waals surface area contributed by atoms with Crippen LogP contribution in [0.3, 0.4) is 0 Å². The predicted molar refractivity (Wildman–Crippen MR) is 80.1 cm³/mol. The Bertz CT molecular complexity index is 439. The number of thioether (sulfide) groups is 1. The van der Waals surface area contributed by atoms with Gasteiger partial charge in [0.1, 0.15) is 4.99 Å². The summed E-state index contributed by atoms with van der Waals surface area (Å²) >= 11 is 6.77. The van der Waals surface area contributed by atoms with Crippen LogP contribution in [0.25, 0.3) is 0 Å². The molecule has 1 aliphatic rings. The van der Waals surface area contributed by atoms with Gasteiger partial charge >= 0.3 is 0 Å². The van der Waals surface area contributed by atoms with Crippen molar-refractivity contribution in [2.75, 3.05) is 11.5 Å². The summed E-state index contributed by atoms with van der Waals surface area (Å²) in [4.78, 5) is 12.4. The first-order valence-corrected chi connectivity index (χ1v) is 7.51. The van der Waals surface area contributed by atoms with E-state index in [2.05, 4.69) is 5.32 Å². The average molecular weight is 280 g/mol. The Hall–Kier alpha value is -1.07. The summed E-state index contributed by atoms with van der Waals surface area (Å²) in [6.07, 6.45) is 2.25. The molecule has 1 amide bonds. The molecule has 5 heteroatoms. The first-order chi connectivity index (χ1) is 8.66. The molecule has 1 saturated heterocycles. The summed E-state index contributed by atoms with van der Waals surface area (Å²) < 4.78 is 0. The summed E-state index contributed by atoms with van der Waals surface area (Å²) in [5.41, 5.74) is 6.96. The van der Waals surface area contributed by atoms with Gasteiger partial charge in [-0.05, 0) is 30.7 Å². The van der Waals surface area contributed by atoms with Crippen LogP contribution in [-0.4, -0.2) is 28.4 Å². The molecule has 1 aliphatic heterocycles. The summed E-state index contributed by atoms with van der Waals surface area (Å²) in [5, 5.41) is 3.06. The van der Waals surface area contributed by atoms with Crippen molar-refractivity contribution in [1.29, 1.82) is 0 Å². The van der Waals surface area contributed by atoms with E-state index in [4.69, 9.17) is 18.0 Å². The second kappa shape index (κ2) is 6.20. The third kappa shape index (κ3) is 3.46. The monoisotopic (exact) mass is 280 g/mol. The Kier molecular flexibility index (Phi) is 4.60. The molecule has 1 unspecified atom stereocenters. The highest BCUT2D eigenvalue weighted by molar-refractivity contribution is 7.99. The smallest absolute Gasteiger partial charge is 0.251 e. The molecular formula is C13H16N2OS2. The van der Waals surface area contributed by atoms with E-state index in [1.165, 1.54) is 12.2 Å². The first kappa shape index (κ1) is 13.4. The standard InChI is InChI=1S/C13H16N2OS2/c14-12(17)9-3-5-10(6-4-9)13(16)15-11-2-1-7-18-8-11/h3-6,11H,1-2,7-8H2,(H2,14,17)(H,15,16). The molecule has 0 aromatic heterocycles. The molecule has 3 N–H and O–H groups in total. The molecule has 0 spiro atoms. The number of carbonyl (C=O) groups is 1. The maximum absolute atomic E-state index is 12.0. The molecule has 0 bridgehead atoms. The minimum atomic E-state index is -0.0167. The zero-order chi connectivity index (χ0) is 13.0. The molecule has 1 aromatic rings. The fraction of sp³-hybridized carbons (Fsp3) is 0.385. The molecule has 3 nitrogen and oxygen atoms in total. The van der Waals surface area contributed by atoms with Crippen molar-refractivity contribution in [2.24, 2.45) is 5.73 Å². The van der Waals surface area contributed by atoms with E-state index in [1.54, 1.807) is 24.3 Å². The molecule has 0 radical (unpaired) electrons. The van der Waals surface area contributed by atoms with Gasteiger partial charge in [0.05, 0.1) is 0 Å². The van der Waals surface area contributed by atoms with Crippen LogP contribution in [0.5, 0.6) is 0 Å². The van der Waals surface area contributed by atoms with E-state index >= 15 is 0 Å². The van der Waals surface area contributed by atoms with Gasteiger partial charge in [-0.25, -0.2) is 0 Å². The van der Waals surface area contributed by atoms with Crippen LogP contribution in [0.4, 0.5) is 0 Å². The summed E-state index contributed by atoms with van der Waals surface area (Å²) in [6.45, 7) is 0. The lowest BCUT2D eigenvalue weighted by atomic mass is 10.1. The SMILES string of the molecule is NC(=S)c1ccc(C(=O)NC2CCCSC2)cc1. The van der Waals surface area contributed by atoms with Crippen LogP contribution in [-0.2, 0) is 0 Å². The number of rotatable bonds is 3. The topological polar surface area (TPSA) is 55.1 Å². The number of hydrogen-bond acceptors (Lipinski definition) is 3. The highest BCUT2D eigenvalue weighted by atomic mass is 32.2. The number of nitrogens with one attached hydrogen (secondary N) is 1. The van der Waals surface area contributed by atoms with Crippen LogP contribution in [0.2, 0.25) is 0 Å². The van der Waals surface area contributed by atoms with Crippen LogP contribution < -0.4 is 11.1 Å². The highest BCUT2D eigenvalue weighted by Crippen LogP contribution is 2.17. The summed E-state index contributed by atoms with van der Waals surface area (Å²) in [7, 11) is 0. The fourth-order valence-electron chi connectivity index (χ4n) is 1.91. The van der Waals surface area contributed by atoms with Crippen LogP contribution in [0, 0.1) is 0 Å². The zero-order valence-electron chi connectivity index (χ0n) is 10.0. The van der Waals surface area contributed by atoms with Gasteiger partial charge in [0.25, 0.3) is 5.91 Å². The summed E-state index contributed by atoms with van der Waals surface area (Å²) in [6, 6.07) is 7.39. The normalized spacial score (nSPS) is 19.2. The van der Waals surface area contributed by atoms with Gasteiger partial charge in [-0.2, -0.15) is 11.8 Å². The number of thiocarbonyl (C=S) groups is 1. The minimum Gasteiger partial charge on any atom is -0.389 e. The molecule has 1 atom stereocenters. The van der Waals surface area contributed by atoms with Gasteiger partial charge in [0.2, 0.25) is 0 Å². The molecule has 0 saturated carbocycles. The van der Waals surface area contributed by atoms with Gasteiger partial charge in [0.15, 0.2) is 0 Å². The van der Waals surface area contributed by atoms with E-state index < -0.39 is 0 Å². The Balaban J connectivity index is 1.97. The van der Waals surface area contributed by atoms with Crippen molar-refractivity contribution in [3.05, 3.63) is 35.4 Å². The molecule has 1 fully saturated rings. The average Bonchev–Trinajstić information content (AvgIpc) is 2.40. The van der Waals surface area contributed by atoms with Crippen LogP contribution >= 0.6 is 24.0 Å². The van der Waals surface area contributed by atoms with Crippen LogP contribution in [0.1, 0.15) is 28.8 Å². The minimum absolute atomic E-state index is 0.0167. The van der Waals surface area contributed by atoms with Gasteiger partial charge < -0.3 is 11.1 Å². The Morgan fingerprint density at radius 3 is 2.56 bits per heavy atom. The zero-order valence-corrected chi connectivity index (χ0v) is 11.7. The maximum atomic E-state index is 12.0. The Morgan fingerprint density at radius 1 is 1.33 bits per heavy atom. The Labute approximate surface area is 117 Å². The largest absolute Gasteiger partial charge is 0.389 e. The third-order valence-corrected chi connectivity index (χ3v) is 4.38. The van der Waals surface area contributed by atoms with Crippen molar-refractivity contribution in [3.8, 4) is 0 Å². The Morgan fingerprint density at radius 2 is 2.00 bits per heavy atom. The lowest BCUT2D eigenvalue weighted by molar-refractivity contribution is 0.0938. The molecule has 1 heterocycles. The van der Waals surface area contributed by atoms with Gasteiger partial charge in [-0.15, -0.1) is 0 Å². The first-order valence-electron chi connectivity index (χ1n) is 5.95. The fourth-order valence-corrected chi connectivity index (χ4v) is 3.12. The quantitative estimate of drug-likeness (QED) is 0.831. The number of nitrogens with two attached hydrogens (primary N) is 1. The molecular weight excluding hydrogens is 264 g/mol. The van der Waals surface area contributed by atoms with Gasteiger partial charge in [-0.3, -0.25) is 4.79 Å². The summed E-state index contributed by atoms with van der Waals surface area (Å²) in [5.74, 6) is 2.20. The number of hydrogen-bond donors (Lipinski definition) is 2. The van der Waals surface area contributed by atoms with E-state index in [0.717, 1.165) is 17.7 Å². The van der Waals surface area contributed by atoms with E-state index in [-0.39, 0.29) is 5.91 Å². The van der Waals surface area contributed by atoms with Crippen LogP contribution in [0.15, 0.2) is 24.3 Å². The predicted octanol–water partition coefficient (Wildman–Crippen LogP) is 1.95. The molecule has 18 heavy (non-hydrogen) atoms. The lowest BCUT2D eigenvalue weighted by Crippen LogP contribution is -2.38. The number of benzene rings is 1. The third-order valence-electron chi connectivity index (χ3n) is 2.93. The second-order valence-corrected chi connectivity index (χ2v) is 5.92. The van der Waals surface area contributed by atoms with Crippen molar-refractivity contribution in [3.63, 3.8) is 0 Å². The number of amides is 1. The van der Waals surface area contributed by atoms with Crippen molar-refractivity contribution < 1.29 is 4.79 Å². The van der Waals surface area contributed by atoms with Crippen molar-refractivity contribution in [1.82, 2.24) is 5.32 Å². The van der Waals surface area contributed by atoms with E-state index in [1.807, 2.05) is 11.8 Å². The maximum Gasteiger partial charge on any atom is 0.251 e. The van der Waals surface area contributed by atoms with E-state index in [9.17, 15) is 4.79 Å². The molecule has 0 aliphatic carbocycles.